The fraction of sp³-hybridized carbons (Fsp3) is 0.125. The Morgan fingerprint density at radius 3 is 2.39 bits per heavy atom. The molecule has 0 radical (unpaired) electrons. The Morgan fingerprint density at radius 2 is 1.83 bits per heavy atom. The molecule has 2 rings (SSSR count). The lowest BCUT2D eigenvalue weighted by atomic mass is 10.1. The van der Waals surface area contributed by atoms with Crippen LogP contribution in [0.25, 0.3) is 0 Å². The van der Waals surface area contributed by atoms with Crippen LogP contribution in [0, 0.1) is 10.1 Å². The van der Waals surface area contributed by atoms with Gasteiger partial charge >= 0.3 is 5.97 Å². The molecule has 1 amide bonds. The molecular weight excluding hydrogens is 300 g/mol. The van der Waals surface area contributed by atoms with Crippen LogP contribution >= 0.6 is 0 Å². The van der Waals surface area contributed by atoms with Gasteiger partial charge in [0, 0.05) is 18.6 Å². The largest absolute Gasteiger partial charge is 0.425 e. The van der Waals surface area contributed by atoms with Crippen molar-refractivity contribution in [1.82, 2.24) is 5.32 Å². The molecular formula is C16H14N2O5. The quantitative estimate of drug-likeness (QED) is 0.276. The Kier molecular flexibility index (Phi) is 5.40. The lowest BCUT2D eigenvalue weighted by molar-refractivity contribution is -0.384. The van der Waals surface area contributed by atoms with Crippen molar-refractivity contribution in [2.75, 3.05) is 0 Å². The van der Waals surface area contributed by atoms with E-state index in [0.29, 0.717) is 6.41 Å². The van der Waals surface area contributed by atoms with E-state index >= 15 is 0 Å². The Bertz CT molecular complexity index is 685. The second-order valence-electron chi connectivity index (χ2n) is 4.70. The van der Waals surface area contributed by atoms with Crippen molar-refractivity contribution in [2.45, 2.75) is 12.5 Å². The summed E-state index contributed by atoms with van der Waals surface area (Å²) in [7, 11) is 0. The molecule has 0 saturated carbocycles. The summed E-state index contributed by atoms with van der Waals surface area (Å²) in [6, 6.07) is 13.5. The van der Waals surface area contributed by atoms with Crippen molar-refractivity contribution >= 4 is 18.1 Å². The summed E-state index contributed by atoms with van der Waals surface area (Å²) in [6.07, 6.45) is 0.718. The normalized spacial score (nSPS) is 11.3. The van der Waals surface area contributed by atoms with Crippen LogP contribution in [0.1, 0.15) is 5.56 Å². The average molecular weight is 314 g/mol. The molecule has 2 aromatic carbocycles. The van der Waals surface area contributed by atoms with Crippen molar-refractivity contribution in [1.29, 1.82) is 0 Å². The van der Waals surface area contributed by atoms with E-state index in [0.717, 1.165) is 5.56 Å². The molecule has 1 atom stereocenters. The maximum Gasteiger partial charge on any atom is 0.334 e. The van der Waals surface area contributed by atoms with E-state index in [1.807, 2.05) is 30.3 Å². The van der Waals surface area contributed by atoms with Crippen LogP contribution in [-0.4, -0.2) is 23.3 Å². The van der Waals surface area contributed by atoms with E-state index in [4.69, 9.17) is 4.74 Å². The van der Waals surface area contributed by atoms with E-state index < -0.39 is 16.9 Å². The molecule has 0 saturated heterocycles. The van der Waals surface area contributed by atoms with Crippen LogP contribution in [0.2, 0.25) is 0 Å². The Morgan fingerprint density at radius 1 is 1.17 bits per heavy atom. The predicted octanol–water partition coefficient (Wildman–Crippen LogP) is 1.86. The van der Waals surface area contributed by atoms with Gasteiger partial charge in [-0.2, -0.15) is 0 Å². The number of nitrogens with one attached hydrogen (secondary N) is 1. The number of esters is 1. The number of nitrogens with zero attached hydrogens (tertiary/aromatic N) is 1. The van der Waals surface area contributed by atoms with E-state index in [2.05, 4.69) is 5.32 Å². The number of nitro groups is 1. The standard InChI is InChI=1S/C16H14N2O5/c19-11-17-15(10-12-4-2-1-3-5-12)16(20)23-14-8-6-13(7-9-14)18(21)22/h1-9,11,15H,10H2,(H,17,19)/t15-/m0/s1. The van der Waals surface area contributed by atoms with Gasteiger partial charge < -0.3 is 10.1 Å². The molecule has 0 aromatic heterocycles. The zero-order chi connectivity index (χ0) is 16.7. The van der Waals surface area contributed by atoms with Gasteiger partial charge in [0.2, 0.25) is 6.41 Å². The van der Waals surface area contributed by atoms with Gasteiger partial charge in [0.1, 0.15) is 11.8 Å². The summed E-state index contributed by atoms with van der Waals surface area (Å²) >= 11 is 0. The molecule has 7 heteroatoms. The lowest BCUT2D eigenvalue weighted by Gasteiger charge is -2.15. The third-order valence-electron chi connectivity index (χ3n) is 3.10. The topological polar surface area (TPSA) is 98.5 Å². The number of hydrogen-bond donors (Lipinski definition) is 1. The predicted molar refractivity (Wildman–Crippen MR) is 81.9 cm³/mol. The lowest BCUT2D eigenvalue weighted by Crippen LogP contribution is -2.40. The highest BCUT2D eigenvalue weighted by molar-refractivity contribution is 5.80. The van der Waals surface area contributed by atoms with Gasteiger partial charge in [-0.1, -0.05) is 30.3 Å². The molecule has 7 nitrogen and oxygen atoms in total. The van der Waals surface area contributed by atoms with Gasteiger partial charge in [-0.15, -0.1) is 0 Å². The molecule has 1 N–H and O–H groups in total. The van der Waals surface area contributed by atoms with Crippen LogP contribution in [0.4, 0.5) is 5.69 Å². The van der Waals surface area contributed by atoms with Crippen LogP contribution in [0.3, 0.4) is 0 Å². The summed E-state index contributed by atoms with van der Waals surface area (Å²) in [5.74, 6) is -0.471. The number of benzene rings is 2. The molecule has 0 aliphatic carbocycles. The molecule has 0 heterocycles. The third-order valence-corrected chi connectivity index (χ3v) is 3.10. The van der Waals surface area contributed by atoms with Crippen LogP contribution < -0.4 is 10.1 Å². The number of carbonyl (C=O) groups is 2. The summed E-state index contributed by atoms with van der Waals surface area (Å²) in [4.78, 5) is 32.9. The highest BCUT2D eigenvalue weighted by Crippen LogP contribution is 2.18. The molecule has 2 aromatic rings. The number of amides is 1. The SMILES string of the molecule is O=CN[C@@H](Cc1ccccc1)C(=O)Oc1ccc([N+](=O)[O-])cc1. The van der Waals surface area contributed by atoms with Crippen LogP contribution in [0.15, 0.2) is 54.6 Å². The number of hydrogen-bond acceptors (Lipinski definition) is 5. The van der Waals surface area contributed by atoms with E-state index in [-0.39, 0.29) is 17.9 Å². The number of carbonyl (C=O) groups excluding carboxylic acids is 2. The minimum absolute atomic E-state index is 0.100. The van der Waals surface area contributed by atoms with Gasteiger partial charge in [0.25, 0.3) is 5.69 Å². The molecule has 0 bridgehead atoms. The molecule has 0 fully saturated rings. The number of nitro benzene ring substituents is 1. The molecule has 0 unspecified atom stereocenters. The first-order chi connectivity index (χ1) is 11.1. The fourth-order valence-electron chi connectivity index (χ4n) is 1.97. The van der Waals surface area contributed by atoms with Gasteiger partial charge in [-0.25, -0.2) is 4.79 Å². The minimum atomic E-state index is -0.843. The van der Waals surface area contributed by atoms with Crippen molar-refractivity contribution in [2.24, 2.45) is 0 Å². The van der Waals surface area contributed by atoms with E-state index in [9.17, 15) is 19.7 Å². The Labute approximate surface area is 132 Å². The number of rotatable bonds is 7. The monoisotopic (exact) mass is 314 g/mol. The zero-order valence-corrected chi connectivity index (χ0v) is 12.0. The van der Waals surface area contributed by atoms with Crippen molar-refractivity contribution in [3.05, 3.63) is 70.3 Å². The molecule has 118 valence electrons. The number of ether oxygens (including phenoxy) is 1. The second kappa shape index (κ2) is 7.69. The molecule has 0 aliphatic heterocycles. The highest BCUT2D eigenvalue weighted by Gasteiger charge is 2.20. The second-order valence-corrected chi connectivity index (χ2v) is 4.70. The first kappa shape index (κ1) is 16.2. The van der Waals surface area contributed by atoms with Gasteiger partial charge in [-0.05, 0) is 17.7 Å². The summed E-state index contributed by atoms with van der Waals surface area (Å²) in [5, 5.41) is 13.0. The van der Waals surface area contributed by atoms with Crippen LogP contribution in [0.5, 0.6) is 5.75 Å². The van der Waals surface area contributed by atoms with Gasteiger partial charge in [0.05, 0.1) is 4.92 Å². The smallest absolute Gasteiger partial charge is 0.334 e. The fourth-order valence-corrected chi connectivity index (χ4v) is 1.97. The highest BCUT2D eigenvalue weighted by atomic mass is 16.6. The Hall–Kier alpha value is -3.22. The van der Waals surface area contributed by atoms with E-state index in [1.54, 1.807) is 0 Å². The summed E-state index contributed by atoms with van der Waals surface area (Å²) < 4.78 is 5.15. The minimum Gasteiger partial charge on any atom is -0.425 e. The molecule has 0 aliphatic rings. The molecule has 23 heavy (non-hydrogen) atoms. The van der Waals surface area contributed by atoms with Crippen molar-refractivity contribution in [3.63, 3.8) is 0 Å². The van der Waals surface area contributed by atoms with E-state index in [1.165, 1.54) is 24.3 Å². The average Bonchev–Trinajstić information content (AvgIpc) is 2.56. The van der Waals surface area contributed by atoms with Gasteiger partial charge in [-0.3, -0.25) is 14.9 Å². The maximum atomic E-state index is 12.1. The first-order valence-corrected chi connectivity index (χ1v) is 6.80. The Balaban J connectivity index is 2.05. The van der Waals surface area contributed by atoms with Crippen LogP contribution in [-0.2, 0) is 16.0 Å². The van der Waals surface area contributed by atoms with Crippen molar-refractivity contribution in [3.8, 4) is 5.75 Å². The summed E-state index contributed by atoms with van der Waals surface area (Å²) in [6.45, 7) is 0. The number of non-ortho nitro benzene ring substituents is 1. The zero-order valence-electron chi connectivity index (χ0n) is 12.0. The van der Waals surface area contributed by atoms with Crippen molar-refractivity contribution < 1.29 is 19.2 Å². The maximum absolute atomic E-state index is 12.1. The third kappa shape index (κ3) is 4.63. The van der Waals surface area contributed by atoms with Gasteiger partial charge in [0.15, 0.2) is 0 Å². The molecule has 0 spiro atoms. The first-order valence-electron chi connectivity index (χ1n) is 6.80. The summed E-state index contributed by atoms with van der Waals surface area (Å²) in [5.41, 5.74) is 0.768.